The average molecular weight is 344 g/mol. The van der Waals surface area contributed by atoms with Crippen LogP contribution in [0.1, 0.15) is 31.2 Å². The summed E-state index contributed by atoms with van der Waals surface area (Å²) in [5.41, 5.74) is 2.10. The molecule has 0 saturated carbocycles. The molecule has 0 unspecified atom stereocenters. The van der Waals surface area contributed by atoms with Crippen molar-refractivity contribution in [3.05, 3.63) is 23.8 Å². The van der Waals surface area contributed by atoms with Gasteiger partial charge in [0, 0.05) is 32.2 Å². The second-order valence-corrected chi connectivity index (χ2v) is 5.87. The second-order valence-electron chi connectivity index (χ2n) is 5.87. The smallest absolute Gasteiger partial charge is 0.226 e. The average Bonchev–Trinajstić information content (AvgIpc) is 3.15. The van der Waals surface area contributed by atoms with Crippen molar-refractivity contribution in [3.8, 4) is 6.07 Å². The van der Waals surface area contributed by atoms with E-state index in [0.717, 1.165) is 31.6 Å². The minimum Gasteiger partial charge on any atom is -0.380 e. The first-order valence-corrected chi connectivity index (χ1v) is 8.51. The maximum atomic E-state index is 11.9. The van der Waals surface area contributed by atoms with Gasteiger partial charge in [0.2, 0.25) is 11.8 Å². The Bertz CT molecular complexity index is 648. The molecule has 1 aliphatic heterocycles. The normalized spacial score (nSPS) is 13.4. The number of ether oxygens (including phenoxy) is 1. The van der Waals surface area contributed by atoms with Crippen LogP contribution < -0.4 is 15.5 Å². The van der Waals surface area contributed by atoms with E-state index in [1.807, 2.05) is 12.1 Å². The van der Waals surface area contributed by atoms with Crippen molar-refractivity contribution < 1.29 is 14.3 Å². The third-order valence-electron chi connectivity index (χ3n) is 4.07. The molecule has 7 heteroatoms. The SMILES string of the molecule is CNC(=O)CCOCCC(=O)Nc1ccc(N2CCCC2)c(C#N)c1. The van der Waals surface area contributed by atoms with E-state index in [4.69, 9.17) is 4.74 Å². The van der Waals surface area contributed by atoms with Gasteiger partial charge < -0.3 is 20.3 Å². The molecule has 1 aromatic rings. The summed E-state index contributed by atoms with van der Waals surface area (Å²) in [5.74, 6) is -0.274. The molecule has 134 valence electrons. The topological polar surface area (TPSA) is 94.5 Å². The van der Waals surface area contributed by atoms with Crippen LogP contribution in [0, 0.1) is 11.3 Å². The lowest BCUT2D eigenvalue weighted by Crippen LogP contribution is -2.20. The molecule has 2 N–H and O–H groups in total. The van der Waals surface area contributed by atoms with Crippen molar-refractivity contribution in [1.29, 1.82) is 5.26 Å². The highest BCUT2D eigenvalue weighted by Gasteiger charge is 2.16. The molecule has 1 heterocycles. The van der Waals surface area contributed by atoms with Crippen LogP contribution in [0.5, 0.6) is 0 Å². The number of nitrogens with zero attached hydrogens (tertiary/aromatic N) is 2. The number of rotatable bonds is 8. The van der Waals surface area contributed by atoms with Crippen LogP contribution in [0.3, 0.4) is 0 Å². The molecule has 0 aliphatic carbocycles. The molecule has 0 aromatic heterocycles. The first kappa shape index (κ1) is 18.7. The number of carbonyl (C=O) groups excluding carboxylic acids is 2. The maximum Gasteiger partial charge on any atom is 0.226 e. The number of hydrogen-bond donors (Lipinski definition) is 2. The number of carbonyl (C=O) groups is 2. The summed E-state index contributed by atoms with van der Waals surface area (Å²) in [7, 11) is 1.57. The number of benzene rings is 1. The Kier molecular flexibility index (Phi) is 7.23. The molecular weight excluding hydrogens is 320 g/mol. The van der Waals surface area contributed by atoms with Gasteiger partial charge in [-0.25, -0.2) is 0 Å². The molecule has 0 spiro atoms. The van der Waals surface area contributed by atoms with Crippen molar-refractivity contribution in [3.63, 3.8) is 0 Å². The summed E-state index contributed by atoms with van der Waals surface area (Å²) < 4.78 is 5.27. The highest BCUT2D eigenvalue weighted by Crippen LogP contribution is 2.26. The quantitative estimate of drug-likeness (QED) is 0.699. The van der Waals surface area contributed by atoms with Gasteiger partial charge in [0.05, 0.1) is 30.9 Å². The lowest BCUT2D eigenvalue weighted by atomic mass is 10.1. The minimum atomic E-state index is -0.183. The van der Waals surface area contributed by atoms with E-state index in [1.54, 1.807) is 13.1 Å². The Balaban J connectivity index is 1.80. The Morgan fingerprint density at radius 3 is 2.52 bits per heavy atom. The van der Waals surface area contributed by atoms with Gasteiger partial charge in [-0.05, 0) is 31.0 Å². The van der Waals surface area contributed by atoms with Gasteiger partial charge >= 0.3 is 0 Å². The monoisotopic (exact) mass is 344 g/mol. The lowest BCUT2D eigenvalue weighted by Gasteiger charge is -2.19. The lowest BCUT2D eigenvalue weighted by molar-refractivity contribution is -0.121. The zero-order chi connectivity index (χ0) is 18.1. The molecule has 0 bridgehead atoms. The third-order valence-corrected chi connectivity index (χ3v) is 4.07. The number of nitriles is 1. The zero-order valence-corrected chi connectivity index (χ0v) is 14.5. The van der Waals surface area contributed by atoms with E-state index in [9.17, 15) is 14.9 Å². The predicted molar refractivity (Wildman–Crippen MR) is 95.4 cm³/mol. The van der Waals surface area contributed by atoms with E-state index >= 15 is 0 Å². The highest BCUT2D eigenvalue weighted by atomic mass is 16.5. The van der Waals surface area contributed by atoms with Crippen LogP contribution >= 0.6 is 0 Å². The second kappa shape index (κ2) is 9.64. The van der Waals surface area contributed by atoms with Gasteiger partial charge in [0.15, 0.2) is 0 Å². The summed E-state index contributed by atoms with van der Waals surface area (Å²) in [4.78, 5) is 25.2. The summed E-state index contributed by atoms with van der Waals surface area (Å²) in [6, 6.07) is 7.62. The van der Waals surface area contributed by atoms with Crippen molar-refractivity contribution >= 4 is 23.2 Å². The van der Waals surface area contributed by atoms with E-state index in [1.165, 1.54) is 0 Å². The molecule has 2 amide bonds. The molecule has 25 heavy (non-hydrogen) atoms. The molecule has 7 nitrogen and oxygen atoms in total. The number of amides is 2. The fraction of sp³-hybridized carbons (Fsp3) is 0.500. The first-order chi connectivity index (χ1) is 12.1. The van der Waals surface area contributed by atoms with Gasteiger partial charge in [-0.1, -0.05) is 0 Å². The van der Waals surface area contributed by atoms with Crippen molar-refractivity contribution in [2.75, 3.05) is 43.6 Å². The molecule has 1 fully saturated rings. The molecule has 1 aliphatic rings. The summed E-state index contributed by atoms with van der Waals surface area (Å²) >= 11 is 0. The van der Waals surface area contributed by atoms with Crippen molar-refractivity contribution in [1.82, 2.24) is 5.32 Å². The molecule has 0 radical (unpaired) electrons. The third kappa shape index (κ3) is 5.76. The highest BCUT2D eigenvalue weighted by molar-refractivity contribution is 5.91. The number of nitrogens with one attached hydrogen (secondary N) is 2. The molecular formula is C18H24N4O3. The van der Waals surface area contributed by atoms with E-state index in [-0.39, 0.29) is 37.9 Å². The number of anilines is 2. The van der Waals surface area contributed by atoms with Gasteiger partial charge in [-0.15, -0.1) is 0 Å². The van der Waals surface area contributed by atoms with Crippen LogP contribution in [0.25, 0.3) is 0 Å². The molecule has 0 atom stereocenters. The van der Waals surface area contributed by atoms with Gasteiger partial charge in [0.1, 0.15) is 6.07 Å². The van der Waals surface area contributed by atoms with Crippen LogP contribution in [0.4, 0.5) is 11.4 Å². The predicted octanol–water partition coefficient (Wildman–Crippen LogP) is 1.64. The van der Waals surface area contributed by atoms with E-state index < -0.39 is 0 Å². The largest absolute Gasteiger partial charge is 0.380 e. The molecule has 1 aromatic carbocycles. The Hall–Kier alpha value is -2.59. The summed E-state index contributed by atoms with van der Waals surface area (Å²) in [6.07, 6.45) is 2.76. The maximum absolute atomic E-state index is 11.9. The van der Waals surface area contributed by atoms with Crippen molar-refractivity contribution in [2.24, 2.45) is 0 Å². The zero-order valence-electron chi connectivity index (χ0n) is 14.5. The summed E-state index contributed by atoms with van der Waals surface area (Å²) in [5, 5.41) is 14.6. The minimum absolute atomic E-state index is 0.0911. The van der Waals surface area contributed by atoms with Crippen molar-refractivity contribution in [2.45, 2.75) is 25.7 Å². The Labute approximate surface area is 147 Å². The molecule has 1 saturated heterocycles. The molecule has 2 rings (SSSR count). The van der Waals surface area contributed by atoms with Gasteiger partial charge in [0.25, 0.3) is 0 Å². The Morgan fingerprint density at radius 2 is 1.88 bits per heavy atom. The van der Waals surface area contributed by atoms with Crippen LogP contribution in [0.15, 0.2) is 18.2 Å². The first-order valence-electron chi connectivity index (χ1n) is 8.51. The van der Waals surface area contributed by atoms with Gasteiger partial charge in [-0.2, -0.15) is 5.26 Å². The van der Waals surface area contributed by atoms with Gasteiger partial charge in [-0.3, -0.25) is 9.59 Å². The van der Waals surface area contributed by atoms with E-state index in [2.05, 4.69) is 21.6 Å². The van der Waals surface area contributed by atoms with Crippen LogP contribution in [-0.4, -0.2) is 45.2 Å². The standard InChI is InChI=1S/C18H24N4O3/c1-20-17(23)6-10-25-11-7-18(24)21-15-4-5-16(14(12-15)13-19)22-8-2-3-9-22/h4-5,12H,2-3,6-11H2,1H3,(H,20,23)(H,21,24). The van der Waals surface area contributed by atoms with Crippen LogP contribution in [0.2, 0.25) is 0 Å². The van der Waals surface area contributed by atoms with Crippen LogP contribution in [-0.2, 0) is 14.3 Å². The Morgan fingerprint density at radius 1 is 1.20 bits per heavy atom. The summed E-state index contributed by atoms with van der Waals surface area (Å²) in [6.45, 7) is 2.47. The fourth-order valence-electron chi connectivity index (χ4n) is 2.72. The fourth-order valence-corrected chi connectivity index (χ4v) is 2.72. The van der Waals surface area contributed by atoms with E-state index in [0.29, 0.717) is 11.3 Å². The number of hydrogen-bond acceptors (Lipinski definition) is 5.